The van der Waals surface area contributed by atoms with Gasteiger partial charge >= 0.3 is 5.97 Å². The monoisotopic (exact) mass is 268 g/mol. The zero-order chi connectivity index (χ0) is 13.8. The molecular formula is C11H12N2O4S. The van der Waals surface area contributed by atoms with E-state index in [0.29, 0.717) is 0 Å². The van der Waals surface area contributed by atoms with E-state index in [1.165, 1.54) is 24.3 Å². The first kappa shape index (κ1) is 14.0. The van der Waals surface area contributed by atoms with E-state index >= 15 is 0 Å². The molecule has 1 aromatic rings. The van der Waals surface area contributed by atoms with E-state index in [0.717, 1.165) is 0 Å². The highest BCUT2D eigenvalue weighted by Gasteiger charge is 2.23. The molecule has 6 nitrogen and oxygen atoms in total. The summed E-state index contributed by atoms with van der Waals surface area (Å²) in [5, 5.41) is 16.3. The van der Waals surface area contributed by atoms with Gasteiger partial charge < -0.3 is 5.11 Å². The molecule has 0 bridgehead atoms. The molecule has 0 aliphatic rings. The van der Waals surface area contributed by atoms with Crippen LogP contribution in [0.1, 0.15) is 23.7 Å². The molecule has 0 saturated heterocycles. The number of nitrogens with one attached hydrogen (secondary N) is 1. The number of carboxylic acids is 1. The summed E-state index contributed by atoms with van der Waals surface area (Å²) in [7, 11) is -3.82. The van der Waals surface area contributed by atoms with Gasteiger partial charge in [0.2, 0.25) is 10.0 Å². The van der Waals surface area contributed by atoms with E-state index in [1.54, 1.807) is 13.0 Å². The molecular weight excluding hydrogens is 256 g/mol. The second-order valence-corrected chi connectivity index (χ2v) is 5.42. The first-order chi connectivity index (χ1) is 8.40. The van der Waals surface area contributed by atoms with Gasteiger partial charge in [-0.25, -0.2) is 13.2 Å². The Morgan fingerprint density at radius 1 is 1.56 bits per heavy atom. The van der Waals surface area contributed by atoms with Crippen LogP contribution in [0.15, 0.2) is 24.3 Å². The molecule has 0 spiro atoms. The number of benzene rings is 1. The van der Waals surface area contributed by atoms with Gasteiger partial charge in [0.05, 0.1) is 11.6 Å². The van der Waals surface area contributed by atoms with Crippen molar-refractivity contribution in [1.82, 2.24) is 0 Å². The Morgan fingerprint density at radius 2 is 2.22 bits per heavy atom. The molecule has 7 heteroatoms. The zero-order valence-corrected chi connectivity index (χ0v) is 10.4. The van der Waals surface area contributed by atoms with Gasteiger partial charge in [-0.3, -0.25) is 4.72 Å². The van der Waals surface area contributed by atoms with Gasteiger partial charge in [0.15, 0.2) is 5.25 Å². The average molecular weight is 268 g/mol. The van der Waals surface area contributed by atoms with Crippen molar-refractivity contribution < 1.29 is 18.3 Å². The summed E-state index contributed by atoms with van der Waals surface area (Å²) in [6.45, 7) is 1.58. The lowest BCUT2D eigenvalue weighted by Gasteiger charge is -2.11. The lowest BCUT2D eigenvalue weighted by atomic mass is 10.2. The summed E-state index contributed by atoms with van der Waals surface area (Å²) >= 11 is 0. The van der Waals surface area contributed by atoms with Crippen LogP contribution in [0.5, 0.6) is 0 Å². The van der Waals surface area contributed by atoms with Crippen molar-refractivity contribution in [1.29, 1.82) is 5.26 Å². The summed E-state index contributed by atoms with van der Waals surface area (Å²) in [5.41, 5.74) is 0.101. The molecule has 0 radical (unpaired) electrons. The maximum absolute atomic E-state index is 11.8. The van der Waals surface area contributed by atoms with E-state index < -0.39 is 21.2 Å². The number of nitriles is 1. The Labute approximate surface area is 105 Å². The Kier molecular flexibility index (Phi) is 4.28. The lowest BCUT2D eigenvalue weighted by Crippen LogP contribution is -2.26. The van der Waals surface area contributed by atoms with Crippen LogP contribution >= 0.6 is 0 Å². The first-order valence-corrected chi connectivity index (χ1v) is 6.70. The highest BCUT2D eigenvalue weighted by molar-refractivity contribution is 7.93. The normalized spacial score (nSPS) is 12.4. The van der Waals surface area contributed by atoms with Gasteiger partial charge in [-0.15, -0.1) is 0 Å². The van der Waals surface area contributed by atoms with E-state index in [1.807, 2.05) is 0 Å². The number of anilines is 1. The number of aromatic carboxylic acids is 1. The van der Waals surface area contributed by atoms with Crippen molar-refractivity contribution >= 4 is 21.7 Å². The molecule has 0 heterocycles. The number of rotatable bonds is 5. The fraction of sp³-hybridized carbons (Fsp3) is 0.273. The molecule has 2 N–H and O–H groups in total. The molecule has 0 aliphatic carbocycles. The molecule has 18 heavy (non-hydrogen) atoms. The SMILES string of the molecule is CCC(C#N)S(=O)(=O)Nc1cccc(C(=O)O)c1. The van der Waals surface area contributed by atoms with Crippen LogP contribution in [0.25, 0.3) is 0 Å². The molecule has 96 valence electrons. The van der Waals surface area contributed by atoms with Crippen LogP contribution in [0.3, 0.4) is 0 Å². The fourth-order valence-electron chi connectivity index (χ4n) is 1.33. The Morgan fingerprint density at radius 3 is 2.72 bits per heavy atom. The molecule has 0 aliphatic heterocycles. The first-order valence-electron chi connectivity index (χ1n) is 5.15. The standard InChI is InChI=1S/C11H12N2O4S/c1-2-10(7-12)18(16,17)13-9-5-3-4-8(6-9)11(14)15/h3-6,10,13H,2H2,1H3,(H,14,15). The third-order valence-corrected chi connectivity index (χ3v) is 3.97. The van der Waals surface area contributed by atoms with E-state index in [4.69, 9.17) is 10.4 Å². The number of sulfonamides is 1. The molecule has 1 aromatic carbocycles. The highest BCUT2D eigenvalue weighted by atomic mass is 32.2. The molecule has 0 amide bonds. The topological polar surface area (TPSA) is 107 Å². The van der Waals surface area contributed by atoms with Crippen molar-refractivity contribution in [3.05, 3.63) is 29.8 Å². The van der Waals surface area contributed by atoms with Crippen LogP contribution in [-0.2, 0) is 10.0 Å². The van der Waals surface area contributed by atoms with Crippen LogP contribution in [-0.4, -0.2) is 24.7 Å². The summed E-state index contributed by atoms with van der Waals surface area (Å²) < 4.78 is 25.7. The van der Waals surface area contributed by atoms with Gasteiger partial charge in [-0.1, -0.05) is 13.0 Å². The van der Waals surface area contributed by atoms with E-state index in [-0.39, 0.29) is 17.7 Å². The molecule has 1 rings (SSSR count). The zero-order valence-electron chi connectivity index (χ0n) is 9.62. The Bertz CT molecular complexity index is 589. The minimum absolute atomic E-state index is 0.0276. The smallest absolute Gasteiger partial charge is 0.335 e. The highest BCUT2D eigenvalue weighted by Crippen LogP contribution is 2.15. The molecule has 1 atom stereocenters. The van der Waals surface area contributed by atoms with Crippen molar-refractivity contribution in [3.8, 4) is 6.07 Å². The second kappa shape index (κ2) is 5.51. The van der Waals surface area contributed by atoms with Gasteiger partial charge in [-0.2, -0.15) is 5.26 Å². The van der Waals surface area contributed by atoms with Gasteiger partial charge in [0.25, 0.3) is 0 Å². The maximum Gasteiger partial charge on any atom is 0.335 e. The largest absolute Gasteiger partial charge is 0.478 e. The van der Waals surface area contributed by atoms with Gasteiger partial charge in [0.1, 0.15) is 0 Å². The summed E-state index contributed by atoms with van der Waals surface area (Å²) in [4.78, 5) is 10.7. The molecule has 0 fully saturated rings. The van der Waals surface area contributed by atoms with Gasteiger partial charge in [0, 0.05) is 5.69 Å². The summed E-state index contributed by atoms with van der Waals surface area (Å²) in [6, 6.07) is 7.08. The summed E-state index contributed by atoms with van der Waals surface area (Å²) in [6.07, 6.45) is 0.157. The summed E-state index contributed by atoms with van der Waals surface area (Å²) in [5.74, 6) is -1.15. The third kappa shape index (κ3) is 3.21. The van der Waals surface area contributed by atoms with Crippen molar-refractivity contribution in [2.45, 2.75) is 18.6 Å². The van der Waals surface area contributed by atoms with E-state index in [9.17, 15) is 13.2 Å². The predicted octanol–water partition coefficient (Wildman–Crippen LogP) is 1.43. The number of hydrogen-bond acceptors (Lipinski definition) is 4. The quantitative estimate of drug-likeness (QED) is 0.839. The third-order valence-electron chi connectivity index (χ3n) is 2.26. The van der Waals surface area contributed by atoms with Gasteiger partial charge in [-0.05, 0) is 24.6 Å². The van der Waals surface area contributed by atoms with Crippen LogP contribution < -0.4 is 4.72 Å². The van der Waals surface area contributed by atoms with Crippen LogP contribution in [0.2, 0.25) is 0 Å². The Balaban J connectivity index is 3.02. The molecule has 0 aromatic heterocycles. The average Bonchev–Trinajstić information content (AvgIpc) is 2.29. The Hall–Kier alpha value is -2.07. The fourth-order valence-corrected chi connectivity index (χ4v) is 2.51. The minimum Gasteiger partial charge on any atom is -0.478 e. The number of carbonyl (C=O) groups is 1. The van der Waals surface area contributed by atoms with Crippen molar-refractivity contribution in [3.63, 3.8) is 0 Å². The van der Waals surface area contributed by atoms with Crippen molar-refractivity contribution in [2.24, 2.45) is 0 Å². The van der Waals surface area contributed by atoms with Crippen molar-refractivity contribution in [2.75, 3.05) is 4.72 Å². The minimum atomic E-state index is -3.82. The number of nitrogens with zero attached hydrogens (tertiary/aromatic N) is 1. The number of hydrogen-bond donors (Lipinski definition) is 2. The molecule has 0 saturated carbocycles. The second-order valence-electron chi connectivity index (χ2n) is 3.56. The number of carboxylic acid groups (broad SMARTS) is 1. The van der Waals surface area contributed by atoms with Crippen LogP contribution in [0.4, 0.5) is 5.69 Å². The van der Waals surface area contributed by atoms with Crippen LogP contribution in [0, 0.1) is 11.3 Å². The van der Waals surface area contributed by atoms with E-state index in [2.05, 4.69) is 4.72 Å². The lowest BCUT2D eigenvalue weighted by molar-refractivity contribution is 0.0697. The predicted molar refractivity (Wildman–Crippen MR) is 65.6 cm³/mol. The molecule has 1 unspecified atom stereocenters. The maximum atomic E-state index is 11.8.